The van der Waals surface area contributed by atoms with Gasteiger partial charge in [0.25, 0.3) is 0 Å². The molecule has 2 N–H and O–H groups in total. The maximum Gasteiger partial charge on any atom is 0.472 e. The Morgan fingerprint density at radius 3 is 1.34 bits per heavy atom. The minimum absolute atomic E-state index is 0.0728. The molecule has 4 atom stereocenters. The number of nitrogens with one attached hydrogen (secondary N) is 1. The highest BCUT2D eigenvalue weighted by Crippen LogP contribution is 2.43. The molecule has 0 aliphatic rings. The third-order valence-corrected chi connectivity index (χ3v) is 11.3. The van der Waals surface area contributed by atoms with Gasteiger partial charge in [-0.15, -0.1) is 0 Å². The van der Waals surface area contributed by atoms with E-state index in [1.165, 1.54) is 128 Å². The molecule has 0 aliphatic heterocycles. The van der Waals surface area contributed by atoms with Gasteiger partial charge in [-0.25, -0.2) is 9.36 Å². The van der Waals surface area contributed by atoms with Crippen molar-refractivity contribution < 1.29 is 47.1 Å². The van der Waals surface area contributed by atoms with Crippen molar-refractivity contribution in [3.8, 4) is 0 Å². The number of carbonyl (C=O) groups is 3. The number of rotatable bonds is 41. The molecule has 4 unspecified atom stereocenters. The Labute approximate surface area is 342 Å². The fourth-order valence-corrected chi connectivity index (χ4v) is 7.35. The number of phosphoric acid groups is 1. The van der Waals surface area contributed by atoms with Crippen LogP contribution in [0.1, 0.15) is 214 Å². The molecule has 332 valence electrons. The lowest BCUT2D eigenvalue weighted by Crippen LogP contribution is -2.32. The van der Waals surface area contributed by atoms with Crippen LogP contribution in [0, 0.1) is 11.8 Å². The summed E-state index contributed by atoms with van der Waals surface area (Å²) < 4.78 is 38.5. The number of alkyl carbamates (subject to hydrolysis) is 1. The molecule has 12 heteroatoms. The summed E-state index contributed by atoms with van der Waals surface area (Å²) in [5.41, 5.74) is 0. The van der Waals surface area contributed by atoms with Gasteiger partial charge in [-0.3, -0.25) is 18.6 Å². The molecular formula is C44H86NO10P. The average Bonchev–Trinajstić information content (AvgIpc) is 3.17. The van der Waals surface area contributed by atoms with Crippen LogP contribution in [0.3, 0.4) is 0 Å². The van der Waals surface area contributed by atoms with Gasteiger partial charge in [-0.1, -0.05) is 195 Å². The van der Waals surface area contributed by atoms with Crippen molar-refractivity contribution in [2.45, 2.75) is 221 Å². The monoisotopic (exact) mass is 820 g/mol. The van der Waals surface area contributed by atoms with E-state index in [9.17, 15) is 23.8 Å². The lowest BCUT2D eigenvalue weighted by molar-refractivity contribution is -0.166. The fourth-order valence-electron chi connectivity index (χ4n) is 6.60. The number of carbonyl (C=O) groups excluding carboxylic acids is 3. The van der Waals surface area contributed by atoms with Crippen LogP contribution < -0.4 is 5.32 Å². The second-order valence-electron chi connectivity index (χ2n) is 15.8. The predicted molar refractivity (Wildman–Crippen MR) is 227 cm³/mol. The Morgan fingerprint density at radius 1 is 0.536 bits per heavy atom. The Morgan fingerprint density at radius 2 is 0.929 bits per heavy atom. The first-order chi connectivity index (χ1) is 27.1. The fraction of sp³-hybridized carbons (Fsp3) is 0.932. The van der Waals surface area contributed by atoms with Crippen LogP contribution in [0.15, 0.2) is 0 Å². The molecule has 56 heavy (non-hydrogen) atoms. The molecule has 0 fully saturated rings. The Balaban J connectivity index is 4.64. The number of hydrogen-bond acceptors (Lipinski definition) is 9. The number of esters is 2. The van der Waals surface area contributed by atoms with Crippen LogP contribution in [0.2, 0.25) is 0 Å². The van der Waals surface area contributed by atoms with Crippen molar-refractivity contribution >= 4 is 25.9 Å². The zero-order valence-corrected chi connectivity index (χ0v) is 37.5. The molecule has 0 aromatic heterocycles. The molecule has 0 bridgehead atoms. The van der Waals surface area contributed by atoms with Gasteiger partial charge in [0.2, 0.25) is 0 Å². The SMILES string of the molecule is CCCCCCCCCCCCCCCC(C)C(=O)OCC(COP(=O)(O)OCCNC(=O)OCC)OC(=O)C(C)CCCCCCCCCCCCCCC. The summed E-state index contributed by atoms with van der Waals surface area (Å²) in [5, 5.41) is 2.39. The third kappa shape index (κ3) is 35.5. The van der Waals surface area contributed by atoms with E-state index < -0.39 is 38.6 Å². The first kappa shape index (κ1) is 54.3. The number of hydrogen-bond donors (Lipinski definition) is 2. The molecule has 0 radical (unpaired) electrons. The molecule has 11 nitrogen and oxygen atoms in total. The van der Waals surface area contributed by atoms with Crippen molar-refractivity contribution in [1.29, 1.82) is 0 Å². The van der Waals surface area contributed by atoms with Crippen molar-refractivity contribution in [2.75, 3.05) is 33.0 Å². The smallest absolute Gasteiger partial charge is 0.461 e. The predicted octanol–water partition coefficient (Wildman–Crippen LogP) is 12.6. The minimum atomic E-state index is -4.56. The highest BCUT2D eigenvalue weighted by atomic mass is 31.2. The van der Waals surface area contributed by atoms with Gasteiger partial charge < -0.3 is 24.4 Å². The van der Waals surface area contributed by atoms with Crippen molar-refractivity contribution in [3.05, 3.63) is 0 Å². The molecule has 0 saturated heterocycles. The lowest BCUT2D eigenvalue weighted by atomic mass is 10.0. The maximum atomic E-state index is 13.1. The van der Waals surface area contributed by atoms with Gasteiger partial charge in [-0.2, -0.15) is 0 Å². The van der Waals surface area contributed by atoms with Crippen molar-refractivity contribution in [3.63, 3.8) is 0 Å². The summed E-state index contributed by atoms with van der Waals surface area (Å²) in [6, 6.07) is 0. The molecule has 0 aliphatic carbocycles. The number of unbranched alkanes of at least 4 members (excludes halogenated alkanes) is 24. The van der Waals surface area contributed by atoms with Crippen molar-refractivity contribution in [2.24, 2.45) is 11.8 Å². The Bertz CT molecular complexity index is 983. The summed E-state index contributed by atoms with van der Waals surface area (Å²) in [6.07, 6.45) is 32.2. The quantitative estimate of drug-likeness (QED) is 0.0264. The highest BCUT2D eigenvalue weighted by molar-refractivity contribution is 7.47. The van der Waals surface area contributed by atoms with E-state index in [4.69, 9.17) is 23.3 Å². The zero-order valence-electron chi connectivity index (χ0n) is 36.6. The topological polar surface area (TPSA) is 147 Å². The summed E-state index contributed by atoms with van der Waals surface area (Å²) in [5.74, 6) is -1.59. The van der Waals surface area contributed by atoms with Crippen LogP contribution in [-0.2, 0) is 37.4 Å². The molecule has 0 spiro atoms. The van der Waals surface area contributed by atoms with Crippen LogP contribution >= 0.6 is 7.82 Å². The van der Waals surface area contributed by atoms with Crippen LogP contribution in [0.5, 0.6) is 0 Å². The average molecular weight is 820 g/mol. The van der Waals surface area contributed by atoms with Gasteiger partial charge in [0.15, 0.2) is 6.10 Å². The van der Waals surface area contributed by atoms with Gasteiger partial charge in [-0.05, 0) is 19.8 Å². The first-order valence-corrected chi connectivity index (χ1v) is 24.4. The van der Waals surface area contributed by atoms with E-state index in [0.717, 1.165) is 38.5 Å². The molecule has 0 heterocycles. The first-order valence-electron chi connectivity index (χ1n) is 23.0. The molecule has 0 aromatic rings. The van der Waals surface area contributed by atoms with Crippen LogP contribution in [0.4, 0.5) is 4.79 Å². The van der Waals surface area contributed by atoms with Crippen molar-refractivity contribution in [1.82, 2.24) is 5.32 Å². The van der Waals surface area contributed by atoms with Crippen LogP contribution in [-0.4, -0.2) is 62.0 Å². The second kappa shape index (κ2) is 38.8. The van der Waals surface area contributed by atoms with E-state index >= 15 is 0 Å². The Kier molecular flexibility index (Phi) is 37.7. The minimum Gasteiger partial charge on any atom is -0.461 e. The molecule has 0 saturated carbocycles. The van der Waals surface area contributed by atoms with E-state index in [1.54, 1.807) is 13.8 Å². The molecular weight excluding hydrogens is 733 g/mol. The largest absolute Gasteiger partial charge is 0.472 e. The number of ether oxygens (including phenoxy) is 3. The summed E-state index contributed by atoms with van der Waals surface area (Å²) >= 11 is 0. The highest BCUT2D eigenvalue weighted by Gasteiger charge is 2.28. The maximum absolute atomic E-state index is 13.1. The Hall–Kier alpha value is -1.68. The lowest BCUT2D eigenvalue weighted by Gasteiger charge is -2.22. The van der Waals surface area contributed by atoms with Crippen LogP contribution in [0.25, 0.3) is 0 Å². The molecule has 0 rings (SSSR count). The van der Waals surface area contributed by atoms with Gasteiger partial charge in [0, 0.05) is 6.54 Å². The molecule has 0 aromatic carbocycles. The van der Waals surface area contributed by atoms with Gasteiger partial charge >= 0.3 is 25.9 Å². The number of amides is 1. The second-order valence-corrected chi connectivity index (χ2v) is 17.3. The normalized spacial score (nSPS) is 14.1. The van der Waals surface area contributed by atoms with E-state index in [1.807, 2.05) is 6.92 Å². The third-order valence-electron chi connectivity index (χ3n) is 10.3. The van der Waals surface area contributed by atoms with E-state index in [2.05, 4.69) is 19.2 Å². The van der Waals surface area contributed by atoms with Gasteiger partial charge in [0.1, 0.15) is 6.61 Å². The zero-order chi connectivity index (χ0) is 41.5. The summed E-state index contributed by atoms with van der Waals surface area (Å²) in [4.78, 5) is 47.5. The van der Waals surface area contributed by atoms with E-state index in [0.29, 0.717) is 12.8 Å². The van der Waals surface area contributed by atoms with E-state index in [-0.39, 0.29) is 38.2 Å². The summed E-state index contributed by atoms with van der Waals surface area (Å²) in [7, 11) is -4.56. The van der Waals surface area contributed by atoms with Gasteiger partial charge in [0.05, 0.1) is 31.7 Å². The number of phosphoric ester groups is 1. The standard InChI is InChI=1S/C44H86NO10P/c1-6-9-11-13-15-17-19-21-23-25-27-29-31-33-39(4)42(46)52-37-41(38-54-56(49,50)53-36-35-45-44(48)51-8-3)55-43(47)40(5)34-32-30-28-26-24-22-20-18-16-14-12-10-7-2/h39-41H,6-38H2,1-5H3,(H,45,48)(H,49,50). The summed E-state index contributed by atoms with van der Waals surface area (Å²) in [6.45, 7) is 8.80. The molecule has 1 amide bonds.